The molecule has 5 rings (SSSR count). The molecule has 2 fully saturated rings. The summed E-state index contributed by atoms with van der Waals surface area (Å²) in [6.45, 7) is 4.52. The summed E-state index contributed by atoms with van der Waals surface area (Å²) in [5.41, 5.74) is 4.28. The maximum absolute atomic E-state index is 12.2. The van der Waals surface area contributed by atoms with Crippen molar-refractivity contribution in [2.45, 2.75) is 58.1 Å². The first-order chi connectivity index (χ1) is 16.1. The van der Waals surface area contributed by atoms with Gasteiger partial charge in [-0.15, -0.1) is 0 Å². The summed E-state index contributed by atoms with van der Waals surface area (Å²) in [7, 11) is 0. The molecule has 1 N–H and O–H groups in total. The van der Waals surface area contributed by atoms with Crippen molar-refractivity contribution in [3.8, 4) is 23.1 Å². The van der Waals surface area contributed by atoms with Gasteiger partial charge < -0.3 is 14.0 Å². The fourth-order valence-electron chi connectivity index (χ4n) is 4.66. The predicted molar refractivity (Wildman–Crippen MR) is 128 cm³/mol. The lowest BCUT2D eigenvalue weighted by Crippen LogP contribution is -2.21. The fraction of sp³-hybridized carbons (Fsp3) is 0.407. The molecule has 0 aliphatic heterocycles. The Morgan fingerprint density at radius 3 is 2.55 bits per heavy atom. The lowest BCUT2D eigenvalue weighted by atomic mass is 9.92. The third kappa shape index (κ3) is 4.16. The SMILES string of the molecule is CCOc1ccc2c(C#N)c(-c3ccc(NC(=O)O[C@H](C)C4CC4)cc3)n(C3CCC3)c2c1. The molecular formula is C27H29N3O3. The molecule has 170 valence electrons. The molecule has 2 aromatic carbocycles. The number of carbonyl (C=O) groups excluding carboxylic acids is 1. The van der Waals surface area contributed by atoms with E-state index in [-0.39, 0.29) is 6.10 Å². The van der Waals surface area contributed by atoms with Gasteiger partial charge >= 0.3 is 6.09 Å². The molecule has 1 aromatic heterocycles. The van der Waals surface area contributed by atoms with Crippen LogP contribution in [-0.2, 0) is 4.74 Å². The number of hydrogen-bond acceptors (Lipinski definition) is 4. The van der Waals surface area contributed by atoms with E-state index in [4.69, 9.17) is 9.47 Å². The van der Waals surface area contributed by atoms with Crippen LogP contribution in [0.2, 0.25) is 0 Å². The normalized spacial score (nSPS) is 16.6. The third-order valence-electron chi connectivity index (χ3n) is 6.82. The molecular weight excluding hydrogens is 414 g/mol. The van der Waals surface area contributed by atoms with Crippen molar-refractivity contribution in [3.05, 3.63) is 48.0 Å². The standard InChI is InChI=1S/C27H29N3O3/c1-3-32-22-13-14-23-24(16-28)26(30(25(23)15-22)21-5-4-6-21)19-9-11-20(12-10-19)29-27(31)33-17(2)18-7-8-18/h9-15,17-18,21H,3-8H2,1-2H3,(H,29,31)/t17-/m1/s1. The van der Waals surface area contributed by atoms with Crippen molar-refractivity contribution >= 4 is 22.7 Å². The van der Waals surface area contributed by atoms with Crippen LogP contribution in [0.25, 0.3) is 22.2 Å². The monoisotopic (exact) mass is 443 g/mol. The van der Waals surface area contributed by atoms with Gasteiger partial charge in [-0.3, -0.25) is 5.32 Å². The van der Waals surface area contributed by atoms with E-state index in [1.54, 1.807) is 0 Å². The predicted octanol–water partition coefficient (Wildman–Crippen LogP) is 6.65. The van der Waals surface area contributed by atoms with E-state index in [0.717, 1.165) is 53.6 Å². The minimum atomic E-state index is -0.424. The van der Waals surface area contributed by atoms with E-state index in [9.17, 15) is 10.1 Å². The first kappa shape index (κ1) is 21.4. The highest BCUT2D eigenvalue weighted by Gasteiger charge is 2.31. The number of anilines is 1. The number of nitrogens with one attached hydrogen (secondary N) is 1. The molecule has 0 bridgehead atoms. The molecule has 2 saturated carbocycles. The topological polar surface area (TPSA) is 76.3 Å². The largest absolute Gasteiger partial charge is 0.494 e. The minimum absolute atomic E-state index is 0.0535. The van der Waals surface area contributed by atoms with Crippen LogP contribution in [0.5, 0.6) is 5.75 Å². The van der Waals surface area contributed by atoms with Gasteiger partial charge in [0.1, 0.15) is 17.9 Å². The Balaban J connectivity index is 1.48. The van der Waals surface area contributed by atoms with Gasteiger partial charge in [-0.1, -0.05) is 12.1 Å². The number of nitriles is 1. The maximum atomic E-state index is 12.2. The number of amides is 1. The number of ether oxygens (including phenoxy) is 2. The first-order valence-corrected chi connectivity index (χ1v) is 11.9. The summed E-state index contributed by atoms with van der Waals surface area (Å²) in [4.78, 5) is 12.2. The van der Waals surface area contributed by atoms with Crippen molar-refractivity contribution < 1.29 is 14.3 Å². The molecule has 2 aliphatic rings. The smallest absolute Gasteiger partial charge is 0.411 e. The number of fused-ring (bicyclic) bond motifs is 1. The van der Waals surface area contributed by atoms with Crippen LogP contribution < -0.4 is 10.1 Å². The highest BCUT2D eigenvalue weighted by molar-refractivity contribution is 5.96. The maximum Gasteiger partial charge on any atom is 0.411 e. The fourth-order valence-corrected chi connectivity index (χ4v) is 4.66. The molecule has 6 nitrogen and oxygen atoms in total. The molecule has 1 atom stereocenters. The van der Waals surface area contributed by atoms with E-state index < -0.39 is 6.09 Å². The van der Waals surface area contributed by atoms with E-state index in [2.05, 4.69) is 22.0 Å². The number of rotatable bonds is 7. The Morgan fingerprint density at radius 2 is 1.94 bits per heavy atom. The number of hydrogen-bond donors (Lipinski definition) is 1. The molecule has 0 saturated heterocycles. The molecule has 1 heterocycles. The zero-order chi connectivity index (χ0) is 22.9. The van der Waals surface area contributed by atoms with E-state index in [1.165, 1.54) is 6.42 Å². The average Bonchev–Trinajstić information content (AvgIpc) is 3.57. The molecule has 0 radical (unpaired) electrons. The second kappa shape index (κ2) is 8.82. The van der Waals surface area contributed by atoms with Gasteiger partial charge in [-0.2, -0.15) is 5.26 Å². The van der Waals surface area contributed by atoms with Gasteiger partial charge in [0.25, 0.3) is 0 Å². The first-order valence-electron chi connectivity index (χ1n) is 11.9. The molecule has 0 unspecified atom stereocenters. The van der Waals surface area contributed by atoms with Crippen molar-refractivity contribution in [1.82, 2.24) is 4.57 Å². The number of benzene rings is 2. The van der Waals surface area contributed by atoms with Crippen molar-refractivity contribution in [2.24, 2.45) is 5.92 Å². The van der Waals surface area contributed by atoms with Crippen LogP contribution in [0.1, 0.15) is 57.6 Å². The molecule has 1 amide bonds. The van der Waals surface area contributed by atoms with Gasteiger partial charge in [0.2, 0.25) is 0 Å². The van der Waals surface area contributed by atoms with Gasteiger partial charge in [-0.05, 0) is 81.7 Å². The van der Waals surface area contributed by atoms with Crippen LogP contribution in [0, 0.1) is 17.2 Å². The number of nitrogens with zero attached hydrogens (tertiary/aromatic N) is 2. The van der Waals surface area contributed by atoms with Crippen LogP contribution in [0.3, 0.4) is 0 Å². The summed E-state index contributed by atoms with van der Waals surface area (Å²) in [6, 6.07) is 16.5. The van der Waals surface area contributed by atoms with Crippen LogP contribution >= 0.6 is 0 Å². The van der Waals surface area contributed by atoms with E-state index >= 15 is 0 Å². The Bertz CT molecular complexity index is 1210. The lowest BCUT2D eigenvalue weighted by Gasteiger charge is -2.30. The Hall–Kier alpha value is -3.46. The zero-order valence-corrected chi connectivity index (χ0v) is 19.1. The molecule has 2 aliphatic carbocycles. The summed E-state index contributed by atoms with van der Waals surface area (Å²) in [6.07, 6.45) is 5.18. The van der Waals surface area contributed by atoms with Gasteiger partial charge in [-0.25, -0.2) is 4.79 Å². The van der Waals surface area contributed by atoms with Crippen LogP contribution in [0.4, 0.5) is 10.5 Å². The van der Waals surface area contributed by atoms with Crippen LogP contribution in [0.15, 0.2) is 42.5 Å². The quantitative estimate of drug-likeness (QED) is 0.443. The number of carbonyl (C=O) groups is 1. The second-order valence-corrected chi connectivity index (χ2v) is 9.05. The van der Waals surface area contributed by atoms with Gasteiger partial charge in [0.15, 0.2) is 0 Å². The summed E-state index contributed by atoms with van der Waals surface area (Å²) < 4.78 is 13.5. The molecule has 33 heavy (non-hydrogen) atoms. The van der Waals surface area contributed by atoms with Gasteiger partial charge in [0, 0.05) is 23.2 Å². The second-order valence-electron chi connectivity index (χ2n) is 9.05. The number of aromatic nitrogens is 1. The average molecular weight is 444 g/mol. The highest BCUT2D eigenvalue weighted by Crippen LogP contribution is 2.43. The van der Waals surface area contributed by atoms with Gasteiger partial charge in [0.05, 0.1) is 23.4 Å². The molecule has 6 heteroatoms. The summed E-state index contributed by atoms with van der Waals surface area (Å²) in [5, 5.41) is 13.8. The molecule has 3 aromatic rings. The Morgan fingerprint density at radius 1 is 1.18 bits per heavy atom. The third-order valence-corrected chi connectivity index (χ3v) is 6.82. The lowest BCUT2D eigenvalue weighted by molar-refractivity contribution is 0.108. The molecule has 0 spiro atoms. The summed E-state index contributed by atoms with van der Waals surface area (Å²) >= 11 is 0. The van der Waals surface area contributed by atoms with E-state index in [0.29, 0.717) is 29.8 Å². The Labute approximate surface area is 194 Å². The van der Waals surface area contributed by atoms with Crippen molar-refractivity contribution in [3.63, 3.8) is 0 Å². The summed E-state index contributed by atoms with van der Waals surface area (Å²) in [5.74, 6) is 1.32. The minimum Gasteiger partial charge on any atom is -0.494 e. The van der Waals surface area contributed by atoms with Crippen LogP contribution in [-0.4, -0.2) is 23.4 Å². The Kier molecular flexibility index (Phi) is 5.72. The van der Waals surface area contributed by atoms with E-state index in [1.807, 2.05) is 50.2 Å². The highest BCUT2D eigenvalue weighted by atomic mass is 16.6. The van der Waals surface area contributed by atoms with Crippen molar-refractivity contribution in [1.29, 1.82) is 5.26 Å². The van der Waals surface area contributed by atoms with Crippen molar-refractivity contribution in [2.75, 3.05) is 11.9 Å². The zero-order valence-electron chi connectivity index (χ0n) is 19.1.